The number of nitrogens with one attached hydrogen (secondary N) is 1. The summed E-state index contributed by atoms with van der Waals surface area (Å²) in [6.45, 7) is 4.92. The normalized spacial score (nSPS) is 21.9. The van der Waals surface area contributed by atoms with Gasteiger partial charge in [0, 0.05) is 17.1 Å². The highest BCUT2D eigenvalue weighted by molar-refractivity contribution is 6.30. The number of halogens is 2. The van der Waals surface area contributed by atoms with Gasteiger partial charge in [-0.3, -0.25) is 9.59 Å². The second kappa shape index (κ2) is 5.05. The molecular weight excluding hydrogens is 283 g/mol. The van der Waals surface area contributed by atoms with E-state index in [1.807, 2.05) is 0 Å². The van der Waals surface area contributed by atoms with E-state index in [0.717, 1.165) is 0 Å². The topological polar surface area (TPSA) is 49.4 Å². The van der Waals surface area contributed by atoms with Gasteiger partial charge in [-0.15, -0.1) is 0 Å². The van der Waals surface area contributed by atoms with E-state index in [-0.39, 0.29) is 18.4 Å². The SMILES string of the molecule is CC1C(=O)NC(C)(C)C(=O)N1Cc1ccc(Cl)cc1F. The Bertz CT molecular complexity index is 574. The zero-order valence-electron chi connectivity index (χ0n) is 11.5. The second-order valence-corrected chi connectivity index (χ2v) is 5.90. The number of hydrogen-bond acceptors (Lipinski definition) is 2. The predicted octanol–water partition coefficient (Wildman–Crippen LogP) is 2.10. The number of amides is 2. The van der Waals surface area contributed by atoms with Gasteiger partial charge in [0.25, 0.3) is 0 Å². The molecule has 1 aromatic carbocycles. The molecule has 1 aliphatic heterocycles. The first kappa shape index (κ1) is 14.8. The van der Waals surface area contributed by atoms with E-state index in [2.05, 4.69) is 5.32 Å². The Labute approximate surface area is 121 Å². The molecule has 1 unspecified atom stereocenters. The van der Waals surface area contributed by atoms with Crippen molar-refractivity contribution in [3.63, 3.8) is 0 Å². The molecule has 0 spiro atoms. The van der Waals surface area contributed by atoms with E-state index >= 15 is 0 Å². The van der Waals surface area contributed by atoms with Gasteiger partial charge in [0.2, 0.25) is 11.8 Å². The van der Waals surface area contributed by atoms with Crippen LogP contribution in [0.25, 0.3) is 0 Å². The molecule has 1 N–H and O–H groups in total. The molecule has 0 radical (unpaired) electrons. The van der Waals surface area contributed by atoms with Crippen LogP contribution >= 0.6 is 11.6 Å². The monoisotopic (exact) mass is 298 g/mol. The Hall–Kier alpha value is -1.62. The second-order valence-electron chi connectivity index (χ2n) is 5.46. The summed E-state index contributed by atoms with van der Waals surface area (Å²) in [5.41, 5.74) is -0.646. The van der Waals surface area contributed by atoms with Crippen LogP contribution in [0, 0.1) is 5.82 Å². The molecule has 1 heterocycles. The summed E-state index contributed by atoms with van der Waals surface area (Å²) < 4.78 is 13.8. The van der Waals surface area contributed by atoms with Crippen LogP contribution in [0.1, 0.15) is 26.3 Å². The van der Waals surface area contributed by atoms with Gasteiger partial charge in [-0.25, -0.2) is 4.39 Å². The standard InChI is InChI=1S/C14H16ClFN2O2/c1-8-12(19)17-14(2,3)13(20)18(8)7-9-4-5-10(15)6-11(9)16/h4-6,8H,7H2,1-3H3,(H,17,19). The molecule has 0 aliphatic carbocycles. The molecule has 20 heavy (non-hydrogen) atoms. The largest absolute Gasteiger partial charge is 0.340 e. The van der Waals surface area contributed by atoms with Crippen molar-refractivity contribution < 1.29 is 14.0 Å². The lowest BCUT2D eigenvalue weighted by Gasteiger charge is -2.41. The molecule has 1 aromatic rings. The molecule has 108 valence electrons. The highest BCUT2D eigenvalue weighted by Crippen LogP contribution is 2.22. The third-order valence-corrected chi connectivity index (χ3v) is 3.67. The maximum absolute atomic E-state index is 13.8. The Morgan fingerprint density at radius 1 is 1.40 bits per heavy atom. The molecular formula is C14H16ClFN2O2. The van der Waals surface area contributed by atoms with E-state index in [1.54, 1.807) is 26.8 Å². The number of carbonyl (C=O) groups excluding carboxylic acids is 2. The number of piperazine rings is 1. The minimum atomic E-state index is -0.980. The molecule has 0 saturated carbocycles. The summed E-state index contributed by atoms with van der Waals surface area (Å²) in [5, 5.41) is 2.94. The van der Waals surface area contributed by atoms with Crippen molar-refractivity contribution in [2.45, 2.75) is 38.9 Å². The number of benzene rings is 1. The van der Waals surface area contributed by atoms with Crippen molar-refractivity contribution in [3.05, 3.63) is 34.6 Å². The molecule has 2 amide bonds. The third-order valence-electron chi connectivity index (χ3n) is 3.43. The van der Waals surface area contributed by atoms with Crippen molar-refractivity contribution in [2.24, 2.45) is 0 Å². The van der Waals surface area contributed by atoms with E-state index in [0.29, 0.717) is 10.6 Å². The summed E-state index contributed by atoms with van der Waals surface area (Å²) in [4.78, 5) is 25.6. The zero-order chi connectivity index (χ0) is 15.1. The number of nitrogens with zero attached hydrogens (tertiary/aromatic N) is 1. The molecule has 0 aromatic heterocycles. The first-order chi connectivity index (χ1) is 9.22. The lowest BCUT2D eigenvalue weighted by Crippen LogP contribution is -2.67. The fourth-order valence-electron chi connectivity index (χ4n) is 2.18. The van der Waals surface area contributed by atoms with Gasteiger partial charge in [0.05, 0.1) is 0 Å². The summed E-state index contributed by atoms with van der Waals surface area (Å²) in [6, 6.07) is 3.65. The van der Waals surface area contributed by atoms with E-state index in [1.165, 1.54) is 17.0 Å². The van der Waals surface area contributed by atoms with Crippen LogP contribution in [-0.2, 0) is 16.1 Å². The van der Waals surface area contributed by atoms with Gasteiger partial charge in [-0.2, -0.15) is 0 Å². The van der Waals surface area contributed by atoms with Crippen molar-refractivity contribution in [3.8, 4) is 0 Å². The average Bonchev–Trinajstić information content (AvgIpc) is 2.34. The van der Waals surface area contributed by atoms with Crippen LogP contribution in [0.5, 0.6) is 0 Å². The van der Waals surface area contributed by atoms with Crippen LogP contribution in [0.3, 0.4) is 0 Å². The first-order valence-electron chi connectivity index (χ1n) is 6.29. The zero-order valence-corrected chi connectivity index (χ0v) is 12.3. The lowest BCUT2D eigenvalue weighted by molar-refractivity contribution is -0.153. The Balaban J connectivity index is 2.30. The van der Waals surface area contributed by atoms with E-state index in [4.69, 9.17) is 11.6 Å². The number of rotatable bonds is 2. The van der Waals surface area contributed by atoms with Gasteiger partial charge in [0.15, 0.2) is 0 Å². The number of hydrogen-bond donors (Lipinski definition) is 1. The van der Waals surface area contributed by atoms with Crippen molar-refractivity contribution >= 4 is 23.4 Å². The summed E-state index contributed by atoms with van der Waals surface area (Å²) in [7, 11) is 0. The van der Waals surface area contributed by atoms with Crippen LogP contribution in [0.2, 0.25) is 5.02 Å². The lowest BCUT2D eigenvalue weighted by atomic mass is 9.96. The van der Waals surface area contributed by atoms with E-state index in [9.17, 15) is 14.0 Å². The van der Waals surface area contributed by atoms with Crippen molar-refractivity contribution in [1.29, 1.82) is 0 Å². The van der Waals surface area contributed by atoms with Crippen LogP contribution in [-0.4, -0.2) is 28.3 Å². The summed E-state index contributed by atoms with van der Waals surface area (Å²) >= 11 is 5.70. The van der Waals surface area contributed by atoms with Gasteiger partial charge in [0.1, 0.15) is 17.4 Å². The molecule has 1 saturated heterocycles. The van der Waals surface area contributed by atoms with Crippen LogP contribution in [0.4, 0.5) is 4.39 Å². The minimum Gasteiger partial charge on any atom is -0.340 e. The fraction of sp³-hybridized carbons (Fsp3) is 0.429. The Morgan fingerprint density at radius 2 is 2.05 bits per heavy atom. The van der Waals surface area contributed by atoms with Crippen molar-refractivity contribution in [2.75, 3.05) is 0 Å². The minimum absolute atomic E-state index is 0.0415. The maximum atomic E-state index is 13.8. The summed E-state index contributed by atoms with van der Waals surface area (Å²) in [5.74, 6) is -0.968. The van der Waals surface area contributed by atoms with Crippen LogP contribution in [0.15, 0.2) is 18.2 Å². The van der Waals surface area contributed by atoms with Gasteiger partial charge >= 0.3 is 0 Å². The molecule has 4 nitrogen and oxygen atoms in total. The van der Waals surface area contributed by atoms with Gasteiger partial charge < -0.3 is 10.2 Å². The Kier molecular flexibility index (Phi) is 3.73. The van der Waals surface area contributed by atoms with Crippen LogP contribution < -0.4 is 5.32 Å². The quantitative estimate of drug-likeness (QED) is 0.909. The highest BCUT2D eigenvalue weighted by atomic mass is 35.5. The highest BCUT2D eigenvalue weighted by Gasteiger charge is 2.43. The predicted molar refractivity (Wildman–Crippen MR) is 73.6 cm³/mol. The van der Waals surface area contributed by atoms with Gasteiger partial charge in [-0.05, 0) is 32.9 Å². The van der Waals surface area contributed by atoms with Gasteiger partial charge in [-0.1, -0.05) is 17.7 Å². The maximum Gasteiger partial charge on any atom is 0.248 e. The molecule has 1 atom stereocenters. The Morgan fingerprint density at radius 3 is 2.65 bits per heavy atom. The smallest absolute Gasteiger partial charge is 0.248 e. The first-order valence-corrected chi connectivity index (χ1v) is 6.67. The molecule has 0 bridgehead atoms. The average molecular weight is 299 g/mol. The molecule has 6 heteroatoms. The molecule has 1 aliphatic rings. The van der Waals surface area contributed by atoms with E-state index < -0.39 is 17.4 Å². The number of carbonyl (C=O) groups is 2. The molecule has 2 rings (SSSR count). The summed E-state index contributed by atoms with van der Waals surface area (Å²) in [6.07, 6.45) is 0. The molecule has 1 fully saturated rings. The third kappa shape index (κ3) is 2.63. The van der Waals surface area contributed by atoms with Crippen molar-refractivity contribution in [1.82, 2.24) is 10.2 Å². The fourth-order valence-corrected chi connectivity index (χ4v) is 2.34.